The van der Waals surface area contributed by atoms with Crippen molar-refractivity contribution in [1.82, 2.24) is 15.4 Å². The van der Waals surface area contributed by atoms with Gasteiger partial charge in [0, 0.05) is 11.0 Å². The molecule has 0 radical (unpaired) electrons. The van der Waals surface area contributed by atoms with E-state index in [9.17, 15) is 4.79 Å². The van der Waals surface area contributed by atoms with Crippen LogP contribution >= 0.6 is 23.1 Å². The zero-order chi connectivity index (χ0) is 15.4. The van der Waals surface area contributed by atoms with Crippen molar-refractivity contribution in [2.45, 2.75) is 17.6 Å². The summed E-state index contributed by atoms with van der Waals surface area (Å²) in [4.78, 5) is 13.2. The molecule has 0 fully saturated rings. The minimum absolute atomic E-state index is 0.200. The predicted octanol–water partition coefficient (Wildman–Crippen LogP) is 3.38. The largest absolute Gasteiger partial charge is 0.360 e. The van der Waals surface area contributed by atoms with Gasteiger partial charge in [0.15, 0.2) is 0 Å². The van der Waals surface area contributed by atoms with Crippen molar-refractivity contribution < 1.29 is 9.32 Å². The number of rotatable bonds is 5. The van der Waals surface area contributed by atoms with Crippen molar-refractivity contribution in [3.63, 3.8) is 0 Å². The third-order valence-electron chi connectivity index (χ3n) is 2.76. The van der Waals surface area contributed by atoms with E-state index in [-0.39, 0.29) is 5.91 Å². The number of hydrogen-bond acceptors (Lipinski definition) is 7. The molecule has 1 N–H and O–H groups in total. The van der Waals surface area contributed by atoms with Gasteiger partial charge in [-0.05, 0) is 19.1 Å². The first-order chi connectivity index (χ1) is 10.7. The molecule has 112 valence electrons. The molecule has 6 nitrogen and oxygen atoms in total. The Labute approximate surface area is 134 Å². The minimum Gasteiger partial charge on any atom is -0.360 e. The molecule has 0 saturated heterocycles. The van der Waals surface area contributed by atoms with Crippen LogP contribution in [0.25, 0.3) is 0 Å². The average molecular weight is 332 g/mol. The Morgan fingerprint density at radius 2 is 2.27 bits per heavy atom. The van der Waals surface area contributed by atoms with Gasteiger partial charge in [-0.1, -0.05) is 28.6 Å². The molecule has 1 amide bonds. The van der Waals surface area contributed by atoms with Gasteiger partial charge in [0.25, 0.3) is 5.91 Å². The van der Waals surface area contributed by atoms with E-state index < -0.39 is 0 Å². The Morgan fingerprint density at radius 3 is 3.00 bits per heavy atom. The second-order valence-electron chi connectivity index (χ2n) is 4.42. The van der Waals surface area contributed by atoms with E-state index in [0.29, 0.717) is 16.4 Å². The Bertz CT molecular complexity index is 771. The zero-order valence-corrected chi connectivity index (χ0v) is 13.3. The van der Waals surface area contributed by atoms with Gasteiger partial charge < -0.3 is 4.52 Å². The van der Waals surface area contributed by atoms with E-state index in [1.807, 2.05) is 31.2 Å². The molecule has 0 saturated carbocycles. The van der Waals surface area contributed by atoms with Gasteiger partial charge in [-0.3, -0.25) is 10.1 Å². The summed E-state index contributed by atoms with van der Waals surface area (Å²) in [6, 6.07) is 9.30. The maximum atomic E-state index is 12.3. The number of amides is 1. The van der Waals surface area contributed by atoms with Crippen molar-refractivity contribution in [3.8, 4) is 0 Å². The fourth-order valence-corrected chi connectivity index (χ4v) is 3.17. The predicted molar refractivity (Wildman–Crippen MR) is 85.1 cm³/mol. The Morgan fingerprint density at radius 1 is 1.41 bits per heavy atom. The van der Waals surface area contributed by atoms with Crippen molar-refractivity contribution in [1.29, 1.82) is 0 Å². The normalized spacial score (nSPS) is 10.6. The maximum absolute atomic E-state index is 12.3. The number of anilines is 1. The summed E-state index contributed by atoms with van der Waals surface area (Å²) >= 11 is 2.81. The number of hydrogen-bond donors (Lipinski definition) is 1. The lowest BCUT2D eigenvalue weighted by Gasteiger charge is -2.07. The van der Waals surface area contributed by atoms with E-state index in [1.54, 1.807) is 11.6 Å². The highest BCUT2D eigenvalue weighted by Gasteiger charge is 2.13. The third kappa shape index (κ3) is 3.52. The molecule has 0 spiro atoms. The van der Waals surface area contributed by atoms with Gasteiger partial charge in [0.2, 0.25) is 5.13 Å². The van der Waals surface area contributed by atoms with Gasteiger partial charge in [-0.15, -0.1) is 22.0 Å². The first-order valence-electron chi connectivity index (χ1n) is 6.44. The standard InChI is InChI=1S/C14H12N4O2S2/c1-9-6-10(20-18-9)7-21-12-5-3-2-4-11(12)13(19)16-14-17-15-8-22-14/h2-6,8H,7H2,1H3,(H,16,17,19). The number of carbonyl (C=O) groups is 1. The van der Waals surface area contributed by atoms with E-state index in [0.717, 1.165) is 16.3 Å². The summed E-state index contributed by atoms with van der Waals surface area (Å²) in [7, 11) is 0. The van der Waals surface area contributed by atoms with Gasteiger partial charge in [-0.2, -0.15) is 0 Å². The molecule has 22 heavy (non-hydrogen) atoms. The molecule has 0 unspecified atom stereocenters. The summed E-state index contributed by atoms with van der Waals surface area (Å²) in [6.45, 7) is 1.88. The van der Waals surface area contributed by atoms with E-state index in [4.69, 9.17) is 4.52 Å². The van der Waals surface area contributed by atoms with Crippen LogP contribution in [0.5, 0.6) is 0 Å². The number of carbonyl (C=O) groups excluding carboxylic acids is 1. The smallest absolute Gasteiger partial charge is 0.258 e. The first-order valence-corrected chi connectivity index (χ1v) is 8.30. The second kappa shape index (κ2) is 6.71. The molecular formula is C14H12N4O2S2. The van der Waals surface area contributed by atoms with Crippen molar-refractivity contribution in [3.05, 3.63) is 52.9 Å². The van der Waals surface area contributed by atoms with E-state index in [1.165, 1.54) is 23.1 Å². The lowest BCUT2D eigenvalue weighted by molar-refractivity contribution is 0.102. The summed E-state index contributed by atoms with van der Waals surface area (Å²) < 4.78 is 5.18. The van der Waals surface area contributed by atoms with Gasteiger partial charge >= 0.3 is 0 Å². The average Bonchev–Trinajstić information content (AvgIpc) is 3.17. The molecule has 0 aliphatic carbocycles. The van der Waals surface area contributed by atoms with Crippen molar-refractivity contribution in [2.24, 2.45) is 0 Å². The van der Waals surface area contributed by atoms with Crippen LogP contribution in [0, 0.1) is 6.92 Å². The van der Waals surface area contributed by atoms with Gasteiger partial charge in [0.1, 0.15) is 11.3 Å². The fraction of sp³-hybridized carbons (Fsp3) is 0.143. The molecule has 0 aliphatic rings. The van der Waals surface area contributed by atoms with Gasteiger partial charge in [0.05, 0.1) is 17.0 Å². The Hall–Kier alpha value is -2.19. The molecule has 2 aromatic heterocycles. The zero-order valence-electron chi connectivity index (χ0n) is 11.6. The van der Waals surface area contributed by atoms with Crippen LogP contribution in [0.2, 0.25) is 0 Å². The lowest BCUT2D eigenvalue weighted by atomic mass is 10.2. The van der Waals surface area contributed by atoms with Crippen LogP contribution in [-0.2, 0) is 5.75 Å². The number of benzene rings is 1. The second-order valence-corrected chi connectivity index (χ2v) is 6.27. The van der Waals surface area contributed by atoms with Crippen molar-refractivity contribution in [2.75, 3.05) is 5.32 Å². The van der Waals surface area contributed by atoms with Crippen LogP contribution in [0.4, 0.5) is 5.13 Å². The number of aromatic nitrogens is 3. The number of thioether (sulfide) groups is 1. The molecule has 8 heteroatoms. The van der Waals surface area contributed by atoms with Crippen LogP contribution in [0.3, 0.4) is 0 Å². The monoisotopic (exact) mass is 332 g/mol. The lowest BCUT2D eigenvalue weighted by Crippen LogP contribution is -2.12. The van der Waals surface area contributed by atoms with E-state index >= 15 is 0 Å². The first kappa shape index (κ1) is 14.7. The molecule has 2 heterocycles. The summed E-state index contributed by atoms with van der Waals surface area (Å²) in [6.07, 6.45) is 0. The van der Waals surface area contributed by atoms with Crippen LogP contribution in [0.15, 0.2) is 45.3 Å². The molecule has 0 bridgehead atoms. The Balaban J connectivity index is 1.73. The fourth-order valence-electron chi connectivity index (χ4n) is 1.81. The van der Waals surface area contributed by atoms with Gasteiger partial charge in [-0.25, -0.2) is 0 Å². The number of nitrogens with zero attached hydrogens (tertiary/aromatic N) is 3. The number of aryl methyl sites for hydroxylation is 1. The minimum atomic E-state index is -0.200. The summed E-state index contributed by atoms with van der Waals surface area (Å²) in [5, 5.41) is 14.6. The Kier molecular flexibility index (Phi) is 4.50. The van der Waals surface area contributed by atoms with Crippen LogP contribution in [-0.4, -0.2) is 21.3 Å². The van der Waals surface area contributed by atoms with Crippen LogP contribution < -0.4 is 5.32 Å². The molecule has 3 aromatic rings. The molecular weight excluding hydrogens is 320 g/mol. The van der Waals surface area contributed by atoms with E-state index in [2.05, 4.69) is 20.7 Å². The SMILES string of the molecule is Cc1cc(CSc2ccccc2C(=O)Nc2nncs2)on1. The summed E-state index contributed by atoms with van der Waals surface area (Å²) in [5.74, 6) is 1.19. The molecule has 3 rings (SSSR count). The quantitative estimate of drug-likeness (QED) is 0.721. The highest BCUT2D eigenvalue weighted by atomic mass is 32.2. The molecule has 0 aliphatic heterocycles. The third-order valence-corrected chi connectivity index (χ3v) is 4.46. The number of nitrogens with one attached hydrogen (secondary N) is 1. The molecule has 0 atom stereocenters. The summed E-state index contributed by atoms with van der Waals surface area (Å²) in [5.41, 5.74) is 3.01. The van der Waals surface area contributed by atoms with Crippen molar-refractivity contribution >= 4 is 34.1 Å². The topological polar surface area (TPSA) is 80.9 Å². The highest BCUT2D eigenvalue weighted by Crippen LogP contribution is 2.27. The highest BCUT2D eigenvalue weighted by molar-refractivity contribution is 7.98. The van der Waals surface area contributed by atoms with Crippen LogP contribution in [0.1, 0.15) is 21.8 Å². The maximum Gasteiger partial charge on any atom is 0.258 e. The molecule has 1 aromatic carbocycles.